The zero-order valence-electron chi connectivity index (χ0n) is 10.7. The van der Waals surface area contributed by atoms with Gasteiger partial charge in [-0.15, -0.1) is 0 Å². The molecule has 6 heteroatoms. The lowest BCUT2D eigenvalue weighted by Crippen LogP contribution is -2.24. The Balaban J connectivity index is 2.05. The fourth-order valence-corrected chi connectivity index (χ4v) is 1.87. The topological polar surface area (TPSA) is 51.2 Å². The Morgan fingerprint density at radius 1 is 1.40 bits per heavy atom. The second-order valence-corrected chi connectivity index (χ2v) is 4.40. The minimum Gasteiger partial charge on any atom is -0.481 e. The number of carbonyl (C=O) groups is 1. The monoisotopic (exact) mass is 294 g/mol. The number of benzene rings is 1. The number of halogens is 2. The third kappa shape index (κ3) is 3.24. The number of ether oxygens (including phenoxy) is 1. The van der Waals surface area contributed by atoms with Gasteiger partial charge in [0.05, 0.1) is 17.7 Å². The standard InChI is InChI=1S/C14H12ClFN2O2/c1-20-12-6-5-9(7-17-12)8-18-14(19)13-10(15)3-2-4-11(13)16/h2-7H,8H2,1H3,(H,18,19). The molecule has 0 bridgehead atoms. The van der Waals surface area contributed by atoms with Crippen LogP contribution in [-0.4, -0.2) is 18.0 Å². The first-order valence-electron chi connectivity index (χ1n) is 5.83. The number of nitrogens with zero attached hydrogens (tertiary/aromatic N) is 1. The van der Waals surface area contributed by atoms with Gasteiger partial charge < -0.3 is 10.1 Å². The summed E-state index contributed by atoms with van der Waals surface area (Å²) in [6.07, 6.45) is 1.57. The molecule has 0 radical (unpaired) electrons. The van der Waals surface area contributed by atoms with Gasteiger partial charge in [-0.2, -0.15) is 0 Å². The highest BCUT2D eigenvalue weighted by molar-refractivity contribution is 6.33. The minimum absolute atomic E-state index is 0.0790. The van der Waals surface area contributed by atoms with E-state index in [0.717, 1.165) is 5.56 Å². The molecular weight excluding hydrogens is 283 g/mol. The van der Waals surface area contributed by atoms with Crippen molar-refractivity contribution >= 4 is 17.5 Å². The molecular formula is C14H12ClFN2O2. The Morgan fingerprint density at radius 2 is 2.20 bits per heavy atom. The summed E-state index contributed by atoms with van der Waals surface area (Å²) in [5, 5.41) is 2.67. The third-order valence-corrected chi connectivity index (χ3v) is 2.96. The Labute approximate surface area is 120 Å². The summed E-state index contributed by atoms with van der Waals surface area (Å²) >= 11 is 5.82. The molecule has 0 unspecified atom stereocenters. The van der Waals surface area contributed by atoms with Gasteiger partial charge in [-0.25, -0.2) is 9.37 Å². The van der Waals surface area contributed by atoms with Crippen molar-refractivity contribution in [3.05, 3.63) is 58.5 Å². The molecule has 1 heterocycles. The lowest BCUT2D eigenvalue weighted by molar-refractivity contribution is 0.0947. The fourth-order valence-electron chi connectivity index (χ4n) is 1.62. The van der Waals surface area contributed by atoms with Gasteiger partial charge in [0, 0.05) is 18.8 Å². The summed E-state index contributed by atoms with van der Waals surface area (Å²) in [4.78, 5) is 15.9. The summed E-state index contributed by atoms with van der Waals surface area (Å²) in [6.45, 7) is 0.223. The maximum absolute atomic E-state index is 13.6. The first kappa shape index (κ1) is 14.3. The Hall–Kier alpha value is -2.14. The average Bonchev–Trinajstić information content (AvgIpc) is 2.45. The van der Waals surface area contributed by atoms with Crippen molar-refractivity contribution in [3.63, 3.8) is 0 Å². The van der Waals surface area contributed by atoms with Crippen LogP contribution in [0.5, 0.6) is 5.88 Å². The number of pyridine rings is 1. The molecule has 0 atom stereocenters. The SMILES string of the molecule is COc1ccc(CNC(=O)c2c(F)cccc2Cl)cn1. The van der Waals surface area contributed by atoms with Gasteiger partial charge in [-0.1, -0.05) is 23.7 Å². The number of nitrogens with one attached hydrogen (secondary N) is 1. The van der Waals surface area contributed by atoms with Crippen LogP contribution < -0.4 is 10.1 Å². The molecule has 0 aliphatic heterocycles. The van der Waals surface area contributed by atoms with Crippen LogP contribution in [0.1, 0.15) is 15.9 Å². The van der Waals surface area contributed by atoms with Crippen LogP contribution in [-0.2, 0) is 6.54 Å². The van der Waals surface area contributed by atoms with Crippen molar-refractivity contribution < 1.29 is 13.9 Å². The second kappa shape index (κ2) is 6.34. The molecule has 20 heavy (non-hydrogen) atoms. The highest BCUT2D eigenvalue weighted by atomic mass is 35.5. The molecule has 0 spiro atoms. The second-order valence-electron chi connectivity index (χ2n) is 3.99. The summed E-state index contributed by atoms with van der Waals surface area (Å²) in [5.74, 6) is -0.732. The van der Waals surface area contributed by atoms with Crippen LogP contribution in [0, 0.1) is 5.82 Å². The van der Waals surface area contributed by atoms with Gasteiger partial charge in [0.1, 0.15) is 5.82 Å². The number of aromatic nitrogens is 1. The summed E-state index contributed by atoms with van der Waals surface area (Å²) in [7, 11) is 1.52. The average molecular weight is 295 g/mol. The van der Waals surface area contributed by atoms with E-state index in [1.54, 1.807) is 18.3 Å². The molecule has 4 nitrogen and oxygen atoms in total. The minimum atomic E-state index is -0.650. The van der Waals surface area contributed by atoms with E-state index in [-0.39, 0.29) is 17.1 Å². The smallest absolute Gasteiger partial charge is 0.256 e. The largest absolute Gasteiger partial charge is 0.481 e. The van der Waals surface area contributed by atoms with Crippen molar-refractivity contribution in [3.8, 4) is 5.88 Å². The van der Waals surface area contributed by atoms with Gasteiger partial charge in [0.25, 0.3) is 5.91 Å². The highest BCUT2D eigenvalue weighted by Crippen LogP contribution is 2.18. The number of hydrogen-bond donors (Lipinski definition) is 1. The lowest BCUT2D eigenvalue weighted by Gasteiger charge is -2.08. The van der Waals surface area contributed by atoms with Crippen LogP contribution >= 0.6 is 11.6 Å². The first-order chi connectivity index (χ1) is 9.61. The number of amides is 1. The summed E-state index contributed by atoms with van der Waals surface area (Å²) in [6, 6.07) is 7.54. The molecule has 2 aromatic rings. The Morgan fingerprint density at radius 3 is 2.80 bits per heavy atom. The normalized spacial score (nSPS) is 10.2. The van der Waals surface area contributed by atoms with Crippen molar-refractivity contribution in [2.24, 2.45) is 0 Å². The van der Waals surface area contributed by atoms with Gasteiger partial charge in [0.2, 0.25) is 5.88 Å². The van der Waals surface area contributed by atoms with Crippen LogP contribution in [0.4, 0.5) is 4.39 Å². The molecule has 0 saturated carbocycles. The predicted molar refractivity (Wildman–Crippen MR) is 73.4 cm³/mol. The van der Waals surface area contributed by atoms with E-state index in [1.807, 2.05) is 0 Å². The molecule has 0 aliphatic carbocycles. The molecule has 104 valence electrons. The maximum Gasteiger partial charge on any atom is 0.256 e. The third-order valence-electron chi connectivity index (χ3n) is 2.65. The summed E-state index contributed by atoms with van der Waals surface area (Å²) < 4.78 is 18.5. The van der Waals surface area contributed by atoms with Gasteiger partial charge in [0.15, 0.2) is 0 Å². The fraction of sp³-hybridized carbons (Fsp3) is 0.143. The molecule has 2 rings (SSSR count). The number of methoxy groups -OCH3 is 1. The van der Waals surface area contributed by atoms with E-state index < -0.39 is 11.7 Å². The molecule has 0 saturated heterocycles. The van der Waals surface area contributed by atoms with Gasteiger partial charge >= 0.3 is 0 Å². The molecule has 0 aliphatic rings. The quantitative estimate of drug-likeness (QED) is 0.943. The Bertz CT molecular complexity index is 597. The van der Waals surface area contributed by atoms with Crippen molar-refractivity contribution in [1.29, 1.82) is 0 Å². The van der Waals surface area contributed by atoms with E-state index >= 15 is 0 Å². The number of rotatable bonds is 4. The van der Waals surface area contributed by atoms with E-state index in [2.05, 4.69) is 10.3 Å². The predicted octanol–water partition coefficient (Wildman–Crippen LogP) is 2.81. The van der Waals surface area contributed by atoms with Gasteiger partial charge in [-0.3, -0.25) is 4.79 Å². The molecule has 1 amide bonds. The van der Waals surface area contributed by atoms with E-state index in [0.29, 0.717) is 5.88 Å². The number of hydrogen-bond acceptors (Lipinski definition) is 3. The zero-order valence-corrected chi connectivity index (χ0v) is 11.4. The lowest BCUT2D eigenvalue weighted by atomic mass is 10.2. The van der Waals surface area contributed by atoms with Crippen LogP contribution in [0.2, 0.25) is 5.02 Å². The number of carbonyl (C=O) groups excluding carboxylic acids is 1. The maximum atomic E-state index is 13.6. The van der Waals surface area contributed by atoms with Crippen molar-refractivity contribution in [1.82, 2.24) is 10.3 Å². The van der Waals surface area contributed by atoms with Crippen LogP contribution in [0.15, 0.2) is 36.5 Å². The zero-order chi connectivity index (χ0) is 14.5. The van der Waals surface area contributed by atoms with E-state index in [9.17, 15) is 9.18 Å². The van der Waals surface area contributed by atoms with Crippen molar-refractivity contribution in [2.75, 3.05) is 7.11 Å². The first-order valence-corrected chi connectivity index (χ1v) is 6.20. The van der Waals surface area contributed by atoms with Crippen LogP contribution in [0.3, 0.4) is 0 Å². The molecule has 1 N–H and O–H groups in total. The molecule has 0 fully saturated rings. The Kier molecular flexibility index (Phi) is 4.53. The van der Waals surface area contributed by atoms with Crippen LogP contribution in [0.25, 0.3) is 0 Å². The highest BCUT2D eigenvalue weighted by Gasteiger charge is 2.15. The summed E-state index contributed by atoms with van der Waals surface area (Å²) in [5.41, 5.74) is 0.613. The van der Waals surface area contributed by atoms with Gasteiger partial charge in [-0.05, 0) is 17.7 Å². The van der Waals surface area contributed by atoms with E-state index in [4.69, 9.17) is 16.3 Å². The van der Waals surface area contributed by atoms with E-state index in [1.165, 1.54) is 25.3 Å². The molecule has 1 aromatic heterocycles. The molecule has 1 aromatic carbocycles. The van der Waals surface area contributed by atoms with Crippen molar-refractivity contribution in [2.45, 2.75) is 6.54 Å².